The average Bonchev–Trinajstić information content (AvgIpc) is 2.69. The fourth-order valence-electron chi connectivity index (χ4n) is 3.38. The Morgan fingerprint density at radius 2 is 1.64 bits per heavy atom. The molecule has 0 unspecified atom stereocenters. The van der Waals surface area contributed by atoms with E-state index in [1.165, 1.54) is 22.0 Å². The second kappa shape index (κ2) is 8.64. The van der Waals surface area contributed by atoms with Crippen molar-refractivity contribution in [2.45, 2.75) is 37.6 Å². The number of hydrogen-bond acceptors (Lipinski definition) is 3. The number of nitrogens with one attached hydrogen (secondary N) is 1. The number of hydrogen-bond donors (Lipinski definition) is 1. The molecule has 1 aliphatic rings. The number of carbonyl (C=O) groups is 1. The number of piperidine rings is 1. The lowest BCUT2D eigenvalue weighted by Gasteiger charge is -2.31. The maximum absolute atomic E-state index is 12.7. The SMILES string of the molecule is Cc1ccc([C@@H](C)NC(=O)C2CCN(S(=O)(=O)c3ccc(Cl)cc3)CC2)cc1. The van der Waals surface area contributed by atoms with E-state index in [4.69, 9.17) is 11.6 Å². The van der Waals surface area contributed by atoms with Gasteiger partial charge in [0.15, 0.2) is 0 Å². The van der Waals surface area contributed by atoms with Gasteiger partial charge >= 0.3 is 0 Å². The Hall–Kier alpha value is -1.89. The smallest absolute Gasteiger partial charge is 0.243 e. The second-order valence-electron chi connectivity index (χ2n) is 7.27. The van der Waals surface area contributed by atoms with Crippen molar-refractivity contribution in [2.24, 2.45) is 5.92 Å². The molecule has 0 saturated carbocycles. The first-order valence-corrected chi connectivity index (χ1v) is 11.2. The van der Waals surface area contributed by atoms with Crippen LogP contribution in [-0.2, 0) is 14.8 Å². The van der Waals surface area contributed by atoms with Crippen molar-refractivity contribution in [3.63, 3.8) is 0 Å². The van der Waals surface area contributed by atoms with E-state index in [0.717, 1.165) is 5.56 Å². The summed E-state index contributed by atoms with van der Waals surface area (Å²) < 4.78 is 26.9. The molecule has 1 amide bonds. The highest BCUT2D eigenvalue weighted by Crippen LogP contribution is 2.25. The van der Waals surface area contributed by atoms with Crippen LogP contribution in [0.1, 0.15) is 36.9 Å². The van der Waals surface area contributed by atoms with E-state index in [1.54, 1.807) is 12.1 Å². The molecule has 28 heavy (non-hydrogen) atoms. The van der Waals surface area contributed by atoms with Gasteiger partial charge in [-0.1, -0.05) is 41.4 Å². The molecule has 1 fully saturated rings. The highest BCUT2D eigenvalue weighted by Gasteiger charge is 2.32. The zero-order chi connectivity index (χ0) is 20.3. The number of aryl methyl sites for hydroxylation is 1. The third kappa shape index (κ3) is 4.74. The van der Waals surface area contributed by atoms with E-state index in [0.29, 0.717) is 31.0 Å². The standard InChI is InChI=1S/C21H25ClN2O3S/c1-15-3-5-17(6-4-15)16(2)23-21(25)18-11-13-24(14-12-18)28(26,27)20-9-7-19(22)8-10-20/h3-10,16,18H,11-14H2,1-2H3,(H,23,25)/t16-/m1/s1. The van der Waals surface area contributed by atoms with Crippen LogP contribution in [0.5, 0.6) is 0 Å². The van der Waals surface area contributed by atoms with Gasteiger partial charge in [0.1, 0.15) is 0 Å². The molecule has 5 nitrogen and oxygen atoms in total. The van der Waals surface area contributed by atoms with Crippen LogP contribution in [0.25, 0.3) is 0 Å². The van der Waals surface area contributed by atoms with E-state index < -0.39 is 10.0 Å². The van der Waals surface area contributed by atoms with Gasteiger partial charge in [0.05, 0.1) is 10.9 Å². The van der Waals surface area contributed by atoms with Gasteiger partial charge in [-0.2, -0.15) is 4.31 Å². The minimum atomic E-state index is -3.56. The predicted molar refractivity (Wildman–Crippen MR) is 111 cm³/mol. The number of carbonyl (C=O) groups excluding carboxylic acids is 1. The summed E-state index contributed by atoms with van der Waals surface area (Å²) in [5.74, 6) is -0.193. The third-order valence-electron chi connectivity index (χ3n) is 5.21. The van der Waals surface area contributed by atoms with Gasteiger partial charge in [0.25, 0.3) is 0 Å². The van der Waals surface area contributed by atoms with Gasteiger partial charge in [-0.25, -0.2) is 8.42 Å². The summed E-state index contributed by atoms with van der Waals surface area (Å²) in [7, 11) is -3.56. The van der Waals surface area contributed by atoms with Crippen LogP contribution in [0.2, 0.25) is 5.02 Å². The van der Waals surface area contributed by atoms with Crippen molar-refractivity contribution >= 4 is 27.5 Å². The number of rotatable bonds is 5. The number of sulfonamides is 1. The first kappa shape index (κ1) is 20.8. The summed E-state index contributed by atoms with van der Waals surface area (Å²) >= 11 is 5.84. The molecule has 0 bridgehead atoms. The molecule has 0 aromatic heterocycles. The summed E-state index contributed by atoms with van der Waals surface area (Å²) in [6, 6.07) is 14.2. The zero-order valence-corrected chi connectivity index (χ0v) is 17.6. The normalized spacial score (nSPS) is 17.2. The van der Waals surface area contributed by atoms with E-state index in [-0.39, 0.29) is 22.8 Å². The van der Waals surface area contributed by atoms with Gasteiger partial charge in [0.2, 0.25) is 15.9 Å². The molecular formula is C21H25ClN2O3S. The maximum Gasteiger partial charge on any atom is 0.243 e. The van der Waals surface area contributed by atoms with Crippen LogP contribution >= 0.6 is 11.6 Å². The van der Waals surface area contributed by atoms with Crippen LogP contribution < -0.4 is 5.32 Å². The summed E-state index contributed by atoms with van der Waals surface area (Å²) in [6.07, 6.45) is 1.03. The number of nitrogens with zero attached hydrogens (tertiary/aromatic N) is 1. The van der Waals surface area contributed by atoms with Crippen LogP contribution in [0.4, 0.5) is 0 Å². The van der Waals surface area contributed by atoms with E-state index in [2.05, 4.69) is 5.32 Å². The molecule has 7 heteroatoms. The van der Waals surface area contributed by atoms with Crippen molar-refractivity contribution in [1.29, 1.82) is 0 Å². The molecule has 0 spiro atoms. The first-order valence-electron chi connectivity index (χ1n) is 9.40. The highest BCUT2D eigenvalue weighted by molar-refractivity contribution is 7.89. The van der Waals surface area contributed by atoms with E-state index >= 15 is 0 Å². The van der Waals surface area contributed by atoms with Crippen molar-refractivity contribution < 1.29 is 13.2 Å². The molecule has 0 aliphatic carbocycles. The largest absolute Gasteiger partial charge is 0.349 e. The molecule has 1 heterocycles. The summed E-state index contributed by atoms with van der Waals surface area (Å²) in [4.78, 5) is 12.8. The summed E-state index contributed by atoms with van der Waals surface area (Å²) in [5, 5.41) is 3.55. The van der Waals surface area contributed by atoms with Crippen LogP contribution in [0.3, 0.4) is 0 Å². The monoisotopic (exact) mass is 420 g/mol. The Balaban J connectivity index is 1.57. The summed E-state index contributed by atoms with van der Waals surface area (Å²) in [6.45, 7) is 4.66. The number of benzene rings is 2. The predicted octanol–water partition coefficient (Wildman–Crippen LogP) is 3.93. The fourth-order valence-corrected chi connectivity index (χ4v) is 4.98. The van der Waals surface area contributed by atoms with Gasteiger partial charge in [0, 0.05) is 24.0 Å². The van der Waals surface area contributed by atoms with Gasteiger partial charge in [-0.05, 0) is 56.5 Å². The van der Waals surface area contributed by atoms with Crippen molar-refractivity contribution in [1.82, 2.24) is 9.62 Å². The van der Waals surface area contributed by atoms with Crippen molar-refractivity contribution in [3.8, 4) is 0 Å². The van der Waals surface area contributed by atoms with Gasteiger partial charge in [-0.3, -0.25) is 4.79 Å². The van der Waals surface area contributed by atoms with Gasteiger partial charge < -0.3 is 5.32 Å². The van der Waals surface area contributed by atoms with Crippen LogP contribution in [0, 0.1) is 12.8 Å². The van der Waals surface area contributed by atoms with Gasteiger partial charge in [-0.15, -0.1) is 0 Å². The third-order valence-corrected chi connectivity index (χ3v) is 7.38. The molecule has 3 rings (SSSR count). The summed E-state index contributed by atoms with van der Waals surface area (Å²) in [5.41, 5.74) is 2.23. The Bertz CT molecular complexity index is 919. The molecule has 1 aliphatic heterocycles. The molecular weight excluding hydrogens is 396 g/mol. The second-order valence-corrected chi connectivity index (χ2v) is 9.65. The number of halogens is 1. The van der Waals surface area contributed by atoms with E-state index in [9.17, 15) is 13.2 Å². The minimum absolute atomic E-state index is 0.0170. The molecule has 1 saturated heterocycles. The molecule has 1 atom stereocenters. The molecule has 1 N–H and O–H groups in total. The fraction of sp³-hybridized carbons (Fsp3) is 0.381. The topological polar surface area (TPSA) is 66.5 Å². The average molecular weight is 421 g/mol. The Morgan fingerprint density at radius 3 is 2.21 bits per heavy atom. The molecule has 150 valence electrons. The molecule has 2 aromatic rings. The van der Waals surface area contributed by atoms with Crippen molar-refractivity contribution in [3.05, 3.63) is 64.7 Å². The minimum Gasteiger partial charge on any atom is -0.349 e. The quantitative estimate of drug-likeness (QED) is 0.796. The molecule has 2 aromatic carbocycles. The van der Waals surface area contributed by atoms with Crippen LogP contribution in [-0.4, -0.2) is 31.7 Å². The first-order chi connectivity index (χ1) is 13.3. The Kier molecular flexibility index (Phi) is 6.43. The van der Waals surface area contributed by atoms with Crippen molar-refractivity contribution in [2.75, 3.05) is 13.1 Å². The Morgan fingerprint density at radius 1 is 1.07 bits per heavy atom. The zero-order valence-electron chi connectivity index (χ0n) is 16.1. The highest BCUT2D eigenvalue weighted by atomic mass is 35.5. The number of amides is 1. The lowest BCUT2D eigenvalue weighted by atomic mass is 9.96. The maximum atomic E-state index is 12.7. The molecule has 0 radical (unpaired) electrons. The van der Waals surface area contributed by atoms with Crippen LogP contribution in [0.15, 0.2) is 53.4 Å². The lowest BCUT2D eigenvalue weighted by Crippen LogP contribution is -2.43. The Labute approximate surface area is 171 Å². The van der Waals surface area contributed by atoms with E-state index in [1.807, 2.05) is 38.1 Å². The lowest BCUT2D eigenvalue weighted by molar-refractivity contribution is -0.126.